The van der Waals surface area contributed by atoms with E-state index in [1.807, 2.05) is 0 Å². The highest BCUT2D eigenvalue weighted by Gasteiger charge is 2.24. The number of hydrogen-bond donors (Lipinski definition) is 2. The van der Waals surface area contributed by atoms with Crippen molar-refractivity contribution in [1.82, 2.24) is 5.32 Å². The van der Waals surface area contributed by atoms with Crippen molar-refractivity contribution in [3.8, 4) is 0 Å². The maximum Gasteiger partial charge on any atom is 0.0385 e. The Kier molecular flexibility index (Phi) is 2.90. The molecule has 1 atom stereocenters. The molecule has 1 unspecified atom stereocenters. The third kappa shape index (κ3) is 1.98. The van der Waals surface area contributed by atoms with E-state index in [2.05, 4.69) is 44.8 Å². The standard InChI is InChI=1S/C13H17BrN2/c14-12-5-2-6-13-11(12)7-10(8-15-13)16-9-3-1-4-9/h2,5-6,9-10,15-16H,1,3-4,7-8H2. The fourth-order valence-electron chi connectivity index (χ4n) is 2.51. The molecular weight excluding hydrogens is 264 g/mol. The number of fused-ring (bicyclic) bond motifs is 1. The van der Waals surface area contributed by atoms with Gasteiger partial charge in [-0.2, -0.15) is 0 Å². The Morgan fingerprint density at radius 1 is 1.25 bits per heavy atom. The molecule has 2 aliphatic rings. The molecule has 0 bridgehead atoms. The molecule has 1 heterocycles. The molecule has 86 valence electrons. The summed E-state index contributed by atoms with van der Waals surface area (Å²) in [5, 5.41) is 7.25. The van der Waals surface area contributed by atoms with E-state index in [9.17, 15) is 0 Å². The first kappa shape index (κ1) is 10.6. The maximum absolute atomic E-state index is 3.74. The van der Waals surface area contributed by atoms with Gasteiger partial charge in [0.05, 0.1) is 0 Å². The third-order valence-electron chi connectivity index (χ3n) is 3.68. The first-order valence-electron chi connectivity index (χ1n) is 6.10. The molecule has 1 aliphatic heterocycles. The van der Waals surface area contributed by atoms with Crippen molar-refractivity contribution in [2.24, 2.45) is 0 Å². The molecule has 2 N–H and O–H groups in total. The number of benzene rings is 1. The lowest BCUT2D eigenvalue weighted by Gasteiger charge is -2.34. The van der Waals surface area contributed by atoms with Gasteiger partial charge in [-0.25, -0.2) is 0 Å². The summed E-state index contributed by atoms with van der Waals surface area (Å²) in [6, 6.07) is 7.76. The first-order chi connectivity index (χ1) is 7.83. The van der Waals surface area contributed by atoms with Gasteiger partial charge in [-0.1, -0.05) is 28.4 Å². The van der Waals surface area contributed by atoms with E-state index in [-0.39, 0.29) is 0 Å². The van der Waals surface area contributed by atoms with Crippen molar-refractivity contribution < 1.29 is 0 Å². The zero-order valence-electron chi connectivity index (χ0n) is 9.30. The van der Waals surface area contributed by atoms with Crippen molar-refractivity contribution in [2.45, 2.75) is 37.8 Å². The number of rotatable bonds is 2. The molecule has 0 amide bonds. The van der Waals surface area contributed by atoms with Crippen molar-refractivity contribution in [3.63, 3.8) is 0 Å². The van der Waals surface area contributed by atoms with Crippen molar-refractivity contribution in [3.05, 3.63) is 28.2 Å². The van der Waals surface area contributed by atoms with E-state index in [1.165, 1.54) is 35.0 Å². The van der Waals surface area contributed by atoms with Crippen molar-refractivity contribution in [1.29, 1.82) is 0 Å². The van der Waals surface area contributed by atoms with Crippen LogP contribution in [0.15, 0.2) is 22.7 Å². The van der Waals surface area contributed by atoms with Gasteiger partial charge >= 0.3 is 0 Å². The lowest BCUT2D eigenvalue weighted by atomic mass is 9.90. The van der Waals surface area contributed by atoms with Gasteiger partial charge in [0.15, 0.2) is 0 Å². The van der Waals surface area contributed by atoms with Crippen LogP contribution in [-0.2, 0) is 6.42 Å². The molecule has 0 aromatic heterocycles. The summed E-state index contributed by atoms with van der Waals surface area (Å²) >= 11 is 3.64. The molecule has 1 fully saturated rings. The Labute approximate surface area is 105 Å². The van der Waals surface area contributed by atoms with Gasteiger partial charge in [-0.15, -0.1) is 0 Å². The van der Waals surface area contributed by atoms with E-state index in [0.29, 0.717) is 6.04 Å². The van der Waals surface area contributed by atoms with Crippen LogP contribution in [0.25, 0.3) is 0 Å². The summed E-state index contributed by atoms with van der Waals surface area (Å²) in [5.74, 6) is 0. The Morgan fingerprint density at radius 2 is 2.12 bits per heavy atom. The highest BCUT2D eigenvalue weighted by atomic mass is 79.9. The number of anilines is 1. The van der Waals surface area contributed by atoms with Gasteiger partial charge < -0.3 is 10.6 Å². The summed E-state index contributed by atoms with van der Waals surface area (Å²) in [7, 11) is 0. The minimum Gasteiger partial charge on any atom is -0.383 e. The van der Waals surface area contributed by atoms with Crippen LogP contribution in [-0.4, -0.2) is 18.6 Å². The largest absolute Gasteiger partial charge is 0.383 e. The SMILES string of the molecule is Brc1cccc2c1CC(NC1CCC1)CN2. The molecule has 0 spiro atoms. The topological polar surface area (TPSA) is 24.1 Å². The van der Waals surface area contributed by atoms with Crippen LogP contribution >= 0.6 is 15.9 Å². The van der Waals surface area contributed by atoms with Crippen LogP contribution in [0, 0.1) is 0 Å². The van der Waals surface area contributed by atoms with E-state index in [4.69, 9.17) is 0 Å². The molecule has 16 heavy (non-hydrogen) atoms. The highest BCUT2D eigenvalue weighted by Crippen LogP contribution is 2.29. The molecule has 1 aliphatic carbocycles. The molecule has 0 radical (unpaired) electrons. The zero-order chi connectivity index (χ0) is 11.0. The summed E-state index contributed by atoms with van der Waals surface area (Å²) in [4.78, 5) is 0. The number of nitrogens with one attached hydrogen (secondary N) is 2. The van der Waals surface area contributed by atoms with Gasteiger partial charge in [0.1, 0.15) is 0 Å². The van der Waals surface area contributed by atoms with Crippen molar-refractivity contribution in [2.75, 3.05) is 11.9 Å². The van der Waals surface area contributed by atoms with Gasteiger partial charge in [-0.05, 0) is 37.0 Å². The predicted octanol–water partition coefficient (Wildman–Crippen LogP) is 2.93. The Bertz CT molecular complexity index is 388. The summed E-state index contributed by atoms with van der Waals surface area (Å²) in [6.45, 7) is 1.06. The molecule has 1 saturated carbocycles. The van der Waals surface area contributed by atoms with Crippen LogP contribution in [0.3, 0.4) is 0 Å². The average Bonchev–Trinajstić information content (AvgIpc) is 2.24. The number of halogens is 1. The molecule has 0 saturated heterocycles. The van der Waals surface area contributed by atoms with E-state index in [0.717, 1.165) is 19.0 Å². The van der Waals surface area contributed by atoms with E-state index in [1.54, 1.807) is 0 Å². The molecule has 3 heteroatoms. The van der Waals surface area contributed by atoms with Crippen molar-refractivity contribution >= 4 is 21.6 Å². The maximum atomic E-state index is 3.74. The Balaban J connectivity index is 1.72. The smallest absolute Gasteiger partial charge is 0.0385 e. The predicted molar refractivity (Wildman–Crippen MR) is 70.9 cm³/mol. The van der Waals surface area contributed by atoms with Gasteiger partial charge in [-0.3, -0.25) is 0 Å². The molecular formula is C13H17BrN2. The highest BCUT2D eigenvalue weighted by molar-refractivity contribution is 9.10. The first-order valence-corrected chi connectivity index (χ1v) is 6.89. The zero-order valence-corrected chi connectivity index (χ0v) is 10.9. The fraction of sp³-hybridized carbons (Fsp3) is 0.538. The minimum atomic E-state index is 0.594. The van der Waals surface area contributed by atoms with Crippen LogP contribution < -0.4 is 10.6 Å². The van der Waals surface area contributed by atoms with Gasteiger partial charge in [0, 0.05) is 28.8 Å². The quantitative estimate of drug-likeness (QED) is 0.871. The lowest BCUT2D eigenvalue weighted by Crippen LogP contribution is -2.48. The lowest BCUT2D eigenvalue weighted by molar-refractivity contribution is 0.304. The summed E-state index contributed by atoms with van der Waals surface area (Å²) < 4.78 is 1.23. The second kappa shape index (κ2) is 4.38. The number of hydrogen-bond acceptors (Lipinski definition) is 2. The van der Waals surface area contributed by atoms with Gasteiger partial charge in [0.25, 0.3) is 0 Å². The Morgan fingerprint density at radius 3 is 2.88 bits per heavy atom. The van der Waals surface area contributed by atoms with Crippen LogP contribution in [0.4, 0.5) is 5.69 Å². The van der Waals surface area contributed by atoms with Gasteiger partial charge in [0.2, 0.25) is 0 Å². The third-order valence-corrected chi connectivity index (χ3v) is 4.43. The second-order valence-electron chi connectivity index (χ2n) is 4.84. The van der Waals surface area contributed by atoms with Crippen LogP contribution in [0.2, 0.25) is 0 Å². The van der Waals surface area contributed by atoms with E-state index < -0.39 is 0 Å². The van der Waals surface area contributed by atoms with E-state index >= 15 is 0 Å². The molecule has 1 aromatic rings. The Hall–Kier alpha value is -0.540. The monoisotopic (exact) mass is 280 g/mol. The second-order valence-corrected chi connectivity index (χ2v) is 5.70. The minimum absolute atomic E-state index is 0.594. The van der Waals surface area contributed by atoms with Crippen LogP contribution in [0.5, 0.6) is 0 Å². The molecule has 1 aromatic carbocycles. The summed E-state index contributed by atoms with van der Waals surface area (Å²) in [6.07, 6.45) is 5.26. The molecule has 2 nitrogen and oxygen atoms in total. The fourth-order valence-corrected chi connectivity index (χ4v) is 3.04. The van der Waals surface area contributed by atoms with Crippen LogP contribution in [0.1, 0.15) is 24.8 Å². The average molecular weight is 281 g/mol. The molecule has 3 rings (SSSR count). The summed E-state index contributed by atoms with van der Waals surface area (Å²) in [5.41, 5.74) is 2.71. The normalized spacial score (nSPS) is 24.4.